The lowest BCUT2D eigenvalue weighted by Crippen LogP contribution is -2.43. The van der Waals surface area contributed by atoms with Gasteiger partial charge in [-0.1, -0.05) is 23.7 Å². The number of benzene rings is 2. The number of anilines is 1. The van der Waals surface area contributed by atoms with Gasteiger partial charge in [-0.3, -0.25) is 4.79 Å². The van der Waals surface area contributed by atoms with Gasteiger partial charge in [0.25, 0.3) is 0 Å². The molecule has 0 saturated carbocycles. The third kappa shape index (κ3) is 3.93. The Morgan fingerprint density at radius 1 is 1.20 bits per heavy atom. The van der Waals surface area contributed by atoms with Crippen molar-refractivity contribution >= 4 is 33.2 Å². The molecule has 1 atom stereocenters. The first-order valence-electron chi connectivity index (χ1n) is 9.27. The summed E-state index contributed by atoms with van der Waals surface area (Å²) in [6.07, 6.45) is 1.06. The van der Waals surface area contributed by atoms with E-state index >= 15 is 0 Å². The van der Waals surface area contributed by atoms with Gasteiger partial charge in [0.05, 0.1) is 4.90 Å². The summed E-state index contributed by atoms with van der Waals surface area (Å²) < 4.78 is 28.9. The van der Waals surface area contributed by atoms with E-state index in [0.717, 1.165) is 5.56 Å². The number of nitrogens with zero attached hydrogens (tertiary/aromatic N) is 5. The van der Waals surface area contributed by atoms with Crippen molar-refractivity contribution in [2.24, 2.45) is 7.05 Å². The molecule has 1 aromatic heterocycles. The van der Waals surface area contributed by atoms with Crippen LogP contribution in [0, 0.1) is 0 Å². The molecule has 11 heteroatoms. The van der Waals surface area contributed by atoms with Crippen LogP contribution in [-0.2, 0) is 21.9 Å². The van der Waals surface area contributed by atoms with Gasteiger partial charge in [-0.2, -0.15) is 4.31 Å². The van der Waals surface area contributed by atoms with Crippen LogP contribution in [0.3, 0.4) is 0 Å². The van der Waals surface area contributed by atoms with E-state index in [9.17, 15) is 13.2 Å². The highest BCUT2D eigenvalue weighted by Crippen LogP contribution is 2.28. The average Bonchev–Trinajstić information content (AvgIpc) is 3.38. The lowest BCUT2D eigenvalue weighted by molar-refractivity contribution is -0.119. The average molecular weight is 447 g/mol. The standard InChI is InChI=1S/C19H19ClN6O3S/c1-25-18(22-23-24-25)13-4-2-5-15(12-13)21-19(27)17-6-3-11-26(17)30(28,29)16-9-7-14(20)8-10-16/h2,4-5,7-10,12,17H,3,6,11H2,1H3,(H,21,27). The Morgan fingerprint density at radius 3 is 2.67 bits per heavy atom. The molecule has 1 aliphatic heterocycles. The summed E-state index contributed by atoms with van der Waals surface area (Å²) in [6.45, 7) is 0.285. The molecule has 2 heterocycles. The molecular formula is C19H19ClN6O3S. The zero-order valence-electron chi connectivity index (χ0n) is 16.1. The lowest BCUT2D eigenvalue weighted by Gasteiger charge is -2.23. The fraction of sp³-hybridized carbons (Fsp3) is 0.263. The number of hydrogen-bond donors (Lipinski definition) is 1. The molecule has 1 saturated heterocycles. The topological polar surface area (TPSA) is 110 Å². The monoisotopic (exact) mass is 446 g/mol. The third-order valence-electron chi connectivity index (χ3n) is 4.94. The molecule has 1 aliphatic rings. The number of amides is 1. The van der Waals surface area contributed by atoms with Gasteiger partial charge in [-0.25, -0.2) is 13.1 Å². The molecule has 0 bridgehead atoms. The molecule has 156 valence electrons. The fourth-order valence-electron chi connectivity index (χ4n) is 3.47. The van der Waals surface area contributed by atoms with Crippen molar-refractivity contribution in [3.8, 4) is 11.4 Å². The summed E-state index contributed by atoms with van der Waals surface area (Å²) in [5.41, 5.74) is 1.27. The van der Waals surface area contributed by atoms with Gasteiger partial charge in [0.1, 0.15) is 6.04 Å². The second-order valence-electron chi connectivity index (χ2n) is 6.92. The molecule has 9 nitrogen and oxygen atoms in total. The summed E-state index contributed by atoms with van der Waals surface area (Å²) in [4.78, 5) is 13.1. The predicted molar refractivity (Wildman–Crippen MR) is 111 cm³/mol. The molecule has 1 N–H and O–H groups in total. The number of hydrogen-bond acceptors (Lipinski definition) is 6. The number of rotatable bonds is 5. The number of carbonyl (C=O) groups excluding carboxylic acids is 1. The smallest absolute Gasteiger partial charge is 0.243 e. The minimum Gasteiger partial charge on any atom is -0.325 e. The minimum absolute atomic E-state index is 0.114. The van der Waals surface area contributed by atoms with E-state index in [1.807, 2.05) is 6.07 Å². The number of aryl methyl sites for hydroxylation is 1. The van der Waals surface area contributed by atoms with E-state index in [1.54, 1.807) is 25.2 Å². The zero-order chi connectivity index (χ0) is 21.3. The summed E-state index contributed by atoms with van der Waals surface area (Å²) in [6, 6.07) is 12.2. The van der Waals surface area contributed by atoms with E-state index in [-0.39, 0.29) is 17.3 Å². The summed E-state index contributed by atoms with van der Waals surface area (Å²) >= 11 is 5.86. The molecule has 1 amide bonds. The molecule has 0 aliphatic carbocycles. The third-order valence-corrected chi connectivity index (χ3v) is 7.11. The van der Waals surface area contributed by atoms with E-state index in [2.05, 4.69) is 20.8 Å². The van der Waals surface area contributed by atoms with Crippen molar-refractivity contribution in [2.75, 3.05) is 11.9 Å². The number of sulfonamides is 1. The second-order valence-corrected chi connectivity index (χ2v) is 9.25. The molecule has 4 rings (SSSR count). The van der Waals surface area contributed by atoms with Gasteiger partial charge in [0, 0.05) is 29.9 Å². The van der Waals surface area contributed by atoms with Crippen LogP contribution < -0.4 is 5.32 Å². The Hall–Kier alpha value is -2.82. The number of tetrazole rings is 1. The Bertz CT molecular complexity index is 1180. The van der Waals surface area contributed by atoms with Crippen LogP contribution in [0.4, 0.5) is 5.69 Å². The Kier molecular flexibility index (Phi) is 5.54. The minimum atomic E-state index is -3.81. The quantitative estimate of drug-likeness (QED) is 0.644. The molecular weight excluding hydrogens is 428 g/mol. The van der Waals surface area contributed by atoms with Crippen molar-refractivity contribution in [2.45, 2.75) is 23.8 Å². The number of halogens is 1. The van der Waals surface area contributed by atoms with Crippen LogP contribution in [0.15, 0.2) is 53.4 Å². The van der Waals surface area contributed by atoms with Crippen LogP contribution >= 0.6 is 11.6 Å². The zero-order valence-corrected chi connectivity index (χ0v) is 17.6. The van der Waals surface area contributed by atoms with Crippen molar-refractivity contribution in [3.63, 3.8) is 0 Å². The van der Waals surface area contributed by atoms with Gasteiger partial charge in [-0.15, -0.1) is 5.10 Å². The maximum Gasteiger partial charge on any atom is 0.243 e. The molecule has 1 fully saturated rings. The molecule has 0 spiro atoms. The van der Waals surface area contributed by atoms with Gasteiger partial charge in [-0.05, 0) is 59.7 Å². The van der Waals surface area contributed by atoms with Crippen molar-refractivity contribution in [1.29, 1.82) is 0 Å². The maximum atomic E-state index is 13.0. The molecule has 30 heavy (non-hydrogen) atoms. The van der Waals surface area contributed by atoms with Crippen LogP contribution in [-0.4, -0.2) is 51.4 Å². The highest BCUT2D eigenvalue weighted by molar-refractivity contribution is 7.89. The summed E-state index contributed by atoms with van der Waals surface area (Å²) in [5.74, 6) is 0.178. The van der Waals surface area contributed by atoms with E-state index < -0.39 is 16.1 Å². The van der Waals surface area contributed by atoms with Crippen LogP contribution in [0.2, 0.25) is 5.02 Å². The SMILES string of the molecule is Cn1nnnc1-c1cccc(NC(=O)C2CCCN2S(=O)(=O)c2ccc(Cl)cc2)c1. The maximum absolute atomic E-state index is 13.0. The Balaban J connectivity index is 1.55. The largest absolute Gasteiger partial charge is 0.325 e. The van der Waals surface area contributed by atoms with Gasteiger partial charge in [0.15, 0.2) is 5.82 Å². The van der Waals surface area contributed by atoms with Gasteiger partial charge in [0.2, 0.25) is 15.9 Å². The number of nitrogens with one attached hydrogen (secondary N) is 1. The van der Waals surface area contributed by atoms with Crippen molar-refractivity contribution < 1.29 is 13.2 Å². The second kappa shape index (κ2) is 8.13. The van der Waals surface area contributed by atoms with Crippen molar-refractivity contribution in [3.05, 3.63) is 53.6 Å². The van der Waals surface area contributed by atoms with Crippen LogP contribution in [0.1, 0.15) is 12.8 Å². The summed E-state index contributed by atoms with van der Waals surface area (Å²) in [7, 11) is -2.09. The van der Waals surface area contributed by atoms with Gasteiger partial charge < -0.3 is 5.32 Å². The van der Waals surface area contributed by atoms with Gasteiger partial charge >= 0.3 is 0 Å². The predicted octanol–water partition coefficient (Wildman–Crippen LogP) is 2.32. The van der Waals surface area contributed by atoms with E-state index in [4.69, 9.17) is 11.6 Å². The Labute approximate surface area is 178 Å². The molecule has 2 aromatic carbocycles. The van der Waals surface area contributed by atoms with Crippen LogP contribution in [0.5, 0.6) is 0 Å². The summed E-state index contributed by atoms with van der Waals surface area (Å²) in [5, 5.41) is 14.7. The number of carbonyl (C=O) groups is 1. The molecule has 1 unspecified atom stereocenters. The van der Waals surface area contributed by atoms with Crippen LogP contribution in [0.25, 0.3) is 11.4 Å². The highest BCUT2D eigenvalue weighted by Gasteiger charge is 2.39. The first-order chi connectivity index (χ1) is 14.4. The first kappa shape index (κ1) is 20.5. The number of aromatic nitrogens is 4. The molecule has 3 aromatic rings. The normalized spacial score (nSPS) is 17.2. The van der Waals surface area contributed by atoms with E-state index in [0.29, 0.717) is 29.4 Å². The fourth-order valence-corrected chi connectivity index (χ4v) is 5.25. The highest BCUT2D eigenvalue weighted by atomic mass is 35.5. The lowest BCUT2D eigenvalue weighted by atomic mass is 10.1. The first-order valence-corrected chi connectivity index (χ1v) is 11.1. The van der Waals surface area contributed by atoms with E-state index in [1.165, 1.54) is 33.3 Å². The Morgan fingerprint density at radius 2 is 1.97 bits per heavy atom. The van der Waals surface area contributed by atoms with Crippen molar-refractivity contribution in [1.82, 2.24) is 24.5 Å². The molecule has 0 radical (unpaired) electrons.